The van der Waals surface area contributed by atoms with E-state index in [1.54, 1.807) is 11.8 Å². The van der Waals surface area contributed by atoms with Crippen molar-refractivity contribution in [2.24, 2.45) is 0 Å². The van der Waals surface area contributed by atoms with E-state index in [9.17, 15) is 0 Å². The Balaban J connectivity index is 1.73. The first-order valence-electron chi connectivity index (χ1n) is 8.66. The second-order valence-electron chi connectivity index (χ2n) is 5.98. The van der Waals surface area contributed by atoms with E-state index in [-0.39, 0.29) is 0 Å². The zero-order valence-electron chi connectivity index (χ0n) is 15.6. The van der Waals surface area contributed by atoms with Crippen molar-refractivity contribution in [2.75, 3.05) is 12.4 Å². The van der Waals surface area contributed by atoms with Crippen LogP contribution >= 0.6 is 15.9 Å². The number of ether oxygens (including phenoxy) is 2. The molecule has 0 saturated carbocycles. The predicted molar refractivity (Wildman–Crippen MR) is 107 cm³/mol. The van der Waals surface area contributed by atoms with E-state index in [0.29, 0.717) is 37.1 Å². The third-order valence-corrected chi connectivity index (χ3v) is 4.98. The Morgan fingerprint density at radius 1 is 1.15 bits per heavy atom. The van der Waals surface area contributed by atoms with Crippen molar-refractivity contribution in [1.29, 1.82) is 0 Å². The van der Waals surface area contributed by atoms with Gasteiger partial charge in [-0.3, -0.25) is 0 Å². The molecule has 0 spiro atoms. The summed E-state index contributed by atoms with van der Waals surface area (Å²) in [4.78, 5) is 0. The number of methoxy groups -OCH3 is 1. The Labute approximate surface area is 166 Å². The second-order valence-corrected chi connectivity index (χ2v) is 6.84. The molecule has 3 aromatic rings. The Morgan fingerprint density at radius 3 is 2.70 bits per heavy atom. The average Bonchev–Trinajstić information content (AvgIpc) is 3.14. The van der Waals surface area contributed by atoms with E-state index in [0.717, 1.165) is 15.6 Å². The van der Waals surface area contributed by atoms with E-state index >= 15 is 0 Å². The average molecular weight is 432 g/mol. The number of nitrogens with one attached hydrogen (secondary N) is 1. The molecule has 2 aromatic carbocycles. The Morgan fingerprint density at radius 2 is 1.96 bits per heavy atom. The van der Waals surface area contributed by atoms with Crippen LogP contribution in [-0.2, 0) is 19.7 Å². The van der Waals surface area contributed by atoms with Crippen molar-refractivity contribution >= 4 is 21.9 Å². The summed E-state index contributed by atoms with van der Waals surface area (Å²) in [5.41, 5.74) is 3.36. The number of tetrazole rings is 1. The summed E-state index contributed by atoms with van der Waals surface area (Å²) in [6, 6.07) is 12.0. The molecule has 0 saturated heterocycles. The first-order valence-corrected chi connectivity index (χ1v) is 9.45. The summed E-state index contributed by atoms with van der Waals surface area (Å²) in [5.74, 6) is 2.00. The second kappa shape index (κ2) is 8.85. The molecule has 0 bridgehead atoms. The topological polar surface area (TPSA) is 74.1 Å². The lowest BCUT2D eigenvalue weighted by Crippen LogP contribution is -2.08. The summed E-state index contributed by atoms with van der Waals surface area (Å²) in [7, 11) is 1.64. The molecule has 0 radical (unpaired) electrons. The van der Waals surface area contributed by atoms with Gasteiger partial charge in [0.15, 0.2) is 11.5 Å². The monoisotopic (exact) mass is 431 g/mol. The largest absolute Gasteiger partial charge is 0.493 e. The van der Waals surface area contributed by atoms with Crippen LogP contribution < -0.4 is 14.8 Å². The fourth-order valence-corrected chi connectivity index (χ4v) is 3.09. The van der Waals surface area contributed by atoms with Gasteiger partial charge < -0.3 is 14.8 Å². The van der Waals surface area contributed by atoms with Crippen LogP contribution in [0.5, 0.6) is 11.5 Å². The quantitative estimate of drug-likeness (QED) is 0.581. The molecular weight excluding hydrogens is 410 g/mol. The molecule has 3 rings (SSSR count). The normalized spacial score (nSPS) is 10.7. The fourth-order valence-electron chi connectivity index (χ4n) is 2.63. The van der Waals surface area contributed by atoms with Crippen molar-refractivity contribution in [2.45, 2.75) is 33.5 Å². The molecule has 0 aliphatic rings. The number of nitrogens with zero attached hydrogens (tertiary/aromatic N) is 4. The Kier molecular flexibility index (Phi) is 6.28. The molecule has 0 aliphatic heterocycles. The summed E-state index contributed by atoms with van der Waals surface area (Å²) >= 11 is 3.62. The third-order valence-electron chi connectivity index (χ3n) is 4.25. The molecule has 142 valence electrons. The molecule has 0 unspecified atom stereocenters. The number of hydrogen-bond acceptors (Lipinski definition) is 6. The van der Waals surface area contributed by atoms with E-state index in [2.05, 4.69) is 55.8 Å². The molecule has 0 fully saturated rings. The highest BCUT2D eigenvalue weighted by molar-refractivity contribution is 9.10. The van der Waals surface area contributed by atoms with Gasteiger partial charge in [0.1, 0.15) is 6.61 Å². The molecule has 27 heavy (non-hydrogen) atoms. The van der Waals surface area contributed by atoms with Gasteiger partial charge in [-0.2, -0.15) is 0 Å². The number of aromatic nitrogens is 4. The van der Waals surface area contributed by atoms with E-state index in [1.165, 1.54) is 5.56 Å². The highest BCUT2D eigenvalue weighted by Crippen LogP contribution is 2.34. The van der Waals surface area contributed by atoms with Crippen LogP contribution in [0.2, 0.25) is 0 Å². The maximum atomic E-state index is 6.01. The van der Waals surface area contributed by atoms with Crippen molar-refractivity contribution in [3.05, 3.63) is 57.6 Å². The minimum Gasteiger partial charge on any atom is -0.493 e. The lowest BCUT2D eigenvalue weighted by molar-refractivity contribution is 0.283. The van der Waals surface area contributed by atoms with Gasteiger partial charge >= 0.3 is 0 Å². The molecule has 8 heteroatoms. The van der Waals surface area contributed by atoms with E-state index in [1.807, 2.05) is 31.2 Å². The van der Waals surface area contributed by atoms with Crippen LogP contribution in [0.3, 0.4) is 0 Å². The van der Waals surface area contributed by atoms with Crippen molar-refractivity contribution in [3.63, 3.8) is 0 Å². The maximum Gasteiger partial charge on any atom is 0.243 e. The molecule has 1 heterocycles. The van der Waals surface area contributed by atoms with Crippen LogP contribution in [0.1, 0.15) is 23.6 Å². The predicted octanol–water partition coefficient (Wildman–Crippen LogP) is 3.96. The highest BCUT2D eigenvalue weighted by atomic mass is 79.9. The first-order chi connectivity index (χ1) is 13.1. The fraction of sp³-hybridized carbons (Fsp3) is 0.316. The minimum absolute atomic E-state index is 0.484. The number of anilines is 1. The van der Waals surface area contributed by atoms with Crippen LogP contribution in [-0.4, -0.2) is 27.3 Å². The molecule has 1 aromatic heterocycles. The van der Waals surface area contributed by atoms with Gasteiger partial charge in [-0.05, 0) is 53.1 Å². The van der Waals surface area contributed by atoms with Crippen LogP contribution in [0, 0.1) is 6.92 Å². The van der Waals surface area contributed by atoms with Crippen LogP contribution in [0.25, 0.3) is 0 Å². The summed E-state index contributed by atoms with van der Waals surface area (Å²) < 4.78 is 14.1. The first kappa shape index (κ1) is 19.2. The van der Waals surface area contributed by atoms with Gasteiger partial charge in [0.25, 0.3) is 0 Å². The zero-order chi connectivity index (χ0) is 19.2. The number of halogens is 1. The molecular formula is C19H22BrN5O2. The third kappa shape index (κ3) is 4.57. The van der Waals surface area contributed by atoms with Gasteiger partial charge in [-0.15, -0.1) is 0 Å². The van der Waals surface area contributed by atoms with Crippen LogP contribution in [0.15, 0.2) is 40.9 Å². The van der Waals surface area contributed by atoms with Gasteiger partial charge in [0, 0.05) is 17.6 Å². The smallest absolute Gasteiger partial charge is 0.243 e. The maximum absolute atomic E-state index is 6.01. The SMILES string of the molecule is CCn1nnnc1NCc1cc(OC)c(OCc2ccccc2C)cc1Br. The van der Waals surface area contributed by atoms with Crippen molar-refractivity contribution in [1.82, 2.24) is 20.2 Å². The minimum atomic E-state index is 0.484. The highest BCUT2D eigenvalue weighted by Gasteiger charge is 2.12. The molecule has 0 aliphatic carbocycles. The van der Waals surface area contributed by atoms with Gasteiger partial charge in [0.05, 0.1) is 7.11 Å². The molecule has 1 N–H and O–H groups in total. The lowest BCUT2D eigenvalue weighted by Gasteiger charge is -2.15. The van der Waals surface area contributed by atoms with Crippen LogP contribution in [0.4, 0.5) is 5.95 Å². The number of benzene rings is 2. The summed E-state index contributed by atoms with van der Waals surface area (Å²) in [5, 5.41) is 14.8. The van der Waals surface area contributed by atoms with E-state index in [4.69, 9.17) is 9.47 Å². The summed E-state index contributed by atoms with van der Waals surface area (Å²) in [6.45, 7) is 5.80. The zero-order valence-corrected chi connectivity index (χ0v) is 17.2. The van der Waals surface area contributed by atoms with Crippen molar-refractivity contribution in [3.8, 4) is 11.5 Å². The summed E-state index contributed by atoms with van der Waals surface area (Å²) in [6.07, 6.45) is 0. The number of hydrogen-bond donors (Lipinski definition) is 1. The molecule has 7 nitrogen and oxygen atoms in total. The Hall–Kier alpha value is -2.61. The van der Waals surface area contributed by atoms with Gasteiger partial charge in [-0.25, -0.2) is 4.68 Å². The standard InChI is InChI=1S/C19H22BrN5O2/c1-4-25-19(22-23-24-25)21-11-15-9-17(26-3)18(10-16(15)20)27-12-14-8-6-5-7-13(14)2/h5-10H,4,11-12H2,1-3H3,(H,21,22,24). The number of aryl methyl sites for hydroxylation is 2. The lowest BCUT2D eigenvalue weighted by atomic mass is 10.1. The van der Waals surface area contributed by atoms with Gasteiger partial charge in [-0.1, -0.05) is 45.3 Å². The van der Waals surface area contributed by atoms with E-state index < -0.39 is 0 Å². The Bertz CT molecular complexity index is 913. The molecule has 0 amide bonds. The van der Waals surface area contributed by atoms with Gasteiger partial charge in [0.2, 0.25) is 5.95 Å². The number of rotatable bonds is 8. The van der Waals surface area contributed by atoms with Crippen molar-refractivity contribution < 1.29 is 9.47 Å². The molecule has 0 atom stereocenters.